The molecule has 6 heteroatoms. The lowest BCUT2D eigenvalue weighted by molar-refractivity contribution is -0.132. The molecule has 0 saturated carbocycles. The van der Waals surface area contributed by atoms with Gasteiger partial charge < -0.3 is 9.47 Å². The molecule has 0 aromatic carbocycles. The predicted octanol–water partition coefficient (Wildman–Crippen LogP) is 2.58. The van der Waals surface area contributed by atoms with Crippen LogP contribution in [-0.2, 0) is 17.8 Å². The number of nitrogens with one attached hydrogen (secondary N) is 1. The Balaban J connectivity index is 1.60. The number of amides is 1. The Morgan fingerprint density at radius 1 is 1.42 bits per heavy atom. The number of hydrogen-bond donors (Lipinski definition) is 1. The summed E-state index contributed by atoms with van der Waals surface area (Å²) in [5, 5.41) is 7.29. The van der Waals surface area contributed by atoms with Crippen molar-refractivity contribution in [3.05, 3.63) is 35.2 Å². The Morgan fingerprint density at radius 3 is 2.96 bits per heavy atom. The highest BCUT2D eigenvalue weighted by Gasteiger charge is 2.27. The van der Waals surface area contributed by atoms with Crippen molar-refractivity contribution in [1.82, 2.24) is 24.6 Å². The fourth-order valence-corrected chi connectivity index (χ4v) is 3.52. The third kappa shape index (κ3) is 3.37. The van der Waals surface area contributed by atoms with E-state index in [1.807, 2.05) is 24.2 Å². The molecule has 24 heavy (non-hydrogen) atoms. The normalized spacial score (nSPS) is 18.1. The summed E-state index contributed by atoms with van der Waals surface area (Å²) in [4.78, 5) is 19.2. The largest absolute Gasteiger partial charge is 0.342 e. The zero-order valence-corrected chi connectivity index (χ0v) is 14.9. The van der Waals surface area contributed by atoms with Crippen LogP contribution in [0.3, 0.4) is 0 Å². The first-order valence-corrected chi connectivity index (χ1v) is 8.89. The molecular formula is C18H27N5O. The molecule has 0 spiro atoms. The predicted molar refractivity (Wildman–Crippen MR) is 92.8 cm³/mol. The maximum atomic E-state index is 12.6. The van der Waals surface area contributed by atoms with E-state index in [4.69, 9.17) is 0 Å². The maximum Gasteiger partial charge on any atom is 0.222 e. The van der Waals surface area contributed by atoms with Crippen molar-refractivity contribution >= 4 is 5.91 Å². The second-order valence-electron chi connectivity index (χ2n) is 6.67. The molecule has 3 heterocycles. The van der Waals surface area contributed by atoms with Gasteiger partial charge in [0, 0.05) is 56.5 Å². The zero-order chi connectivity index (χ0) is 17.1. The number of aryl methyl sites for hydroxylation is 3. The Bertz CT molecular complexity index is 702. The van der Waals surface area contributed by atoms with Gasteiger partial charge in [-0.3, -0.25) is 9.89 Å². The quantitative estimate of drug-likeness (QED) is 0.917. The van der Waals surface area contributed by atoms with Gasteiger partial charge in [0.05, 0.1) is 5.69 Å². The van der Waals surface area contributed by atoms with Gasteiger partial charge in [0.25, 0.3) is 0 Å². The van der Waals surface area contributed by atoms with Gasteiger partial charge in [-0.25, -0.2) is 4.98 Å². The lowest BCUT2D eigenvalue weighted by Gasteiger charge is -2.32. The SMILES string of the molecule is CCn1ccnc1[C@@H]1CCCN(C(=O)CCc2n[nH]c(C)c2C)C1. The molecule has 6 nitrogen and oxygen atoms in total. The minimum absolute atomic E-state index is 0.231. The van der Waals surface area contributed by atoms with E-state index in [1.165, 1.54) is 5.56 Å². The number of H-pyrrole nitrogens is 1. The number of aromatic nitrogens is 4. The molecule has 1 aliphatic rings. The summed E-state index contributed by atoms with van der Waals surface area (Å²) in [6.45, 7) is 8.77. The fraction of sp³-hybridized carbons (Fsp3) is 0.611. The lowest BCUT2D eigenvalue weighted by atomic mass is 9.96. The van der Waals surface area contributed by atoms with E-state index in [1.54, 1.807) is 0 Å². The second kappa shape index (κ2) is 7.20. The molecule has 1 N–H and O–H groups in total. The standard InChI is InChI=1S/C18H27N5O/c1-4-22-11-9-19-18(22)15-6-5-10-23(12-15)17(24)8-7-16-13(2)14(3)20-21-16/h9,11,15H,4-8,10,12H2,1-3H3,(H,20,21)/t15-/m1/s1. The van der Waals surface area contributed by atoms with Crippen LogP contribution in [0.4, 0.5) is 0 Å². The molecule has 130 valence electrons. The third-order valence-corrected chi connectivity index (χ3v) is 5.16. The molecule has 1 atom stereocenters. The number of likely N-dealkylation sites (tertiary alicyclic amines) is 1. The maximum absolute atomic E-state index is 12.6. The Hall–Kier alpha value is -2.11. The first-order chi connectivity index (χ1) is 11.6. The van der Waals surface area contributed by atoms with Gasteiger partial charge in [0.15, 0.2) is 0 Å². The minimum atomic E-state index is 0.231. The van der Waals surface area contributed by atoms with Crippen LogP contribution in [0.2, 0.25) is 0 Å². The lowest BCUT2D eigenvalue weighted by Crippen LogP contribution is -2.39. The Kier molecular flexibility index (Phi) is 5.02. The van der Waals surface area contributed by atoms with Gasteiger partial charge in [0.1, 0.15) is 5.82 Å². The molecule has 2 aromatic heterocycles. The van der Waals surface area contributed by atoms with Crippen molar-refractivity contribution in [3.63, 3.8) is 0 Å². The van der Waals surface area contributed by atoms with Crippen LogP contribution < -0.4 is 0 Å². The van der Waals surface area contributed by atoms with Crippen LogP contribution in [0, 0.1) is 13.8 Å². The van der Waals surface area contributed by atoms with Gasteiger partial charge in [-0.1, -0.05) is 0 Å². The highest BCUT2D eigenvalue weighted by Crippen LogP contribution is 2.26. The first-order valence-electron chi connectivity index (χ1n) is 8.89. The minimum Gasteiger partial charge on any atom is -0.342 e. The zero-order valence-electron chi connectivity index (χ0n) is 14.9. The number of nitrogens with zero attached hydrogens (tertiary/aromatic N) is 4. The number of carbonyl (C=O) groups excluding carboxylic acids is 1. The van der Waals surface area contributed by atoms with Crippen LogP contribution in [0.25, 0.3) is 0 Å². The molecule has 1 saturated heterocycles. The van der Waals surface area contributed by atoms with Gasteiger partial charge in [-0.15, -0.1) is 0 Å². The van der Waals surface area contributed by atoms with Crippen LogP contribution in [-0.4, -0.2) is 43.6 Å². The van der Waals surface area contributed by atoms with Crippen LogP contribution in [0.5, 0.6) is 0 Å². The highest BCUT2D eigenvalue weighted by atomic mass is 16.2. The van der Waals surface area contributed by atoms with Gasteiger partial charge in [-0.05, 0) is 39.2 Å². The number of aromatic amines is 1. The summed E-state index contributed by atoms with van der Waals surface area (Å²) >= 11 is 0. The molecule has 2 aromatic rings. The van der Waals surface area contributed by atoms with E-state index >= 15 is 0 Å². The third-order valence-electron chi connectivity index (χ3n) is 5.16. The average molecular weight is 329 g/mol. The topological polar surface area (TPSA) is 66.8 Å². The fourth-order valence-electron chi connectivity index (χ4n) is 3.52. The van der Waals surface area contributed by atoms with Gasteiger partial charge in [-0.2, -0.15) is 5.10 Å². The number of hydrogen-bond acceptors (Lipinski definition) is 3. The van der Waals surface area contributed by atoms with E-state index in [0.29, 0.717) is 18.8 Å². The molecule has 3 rings (SSSR count). The average Bonchev–Trinajstić information content (AvgIpc) is 3.20. The van der Waals surface area contributed by atoms with E-state index in [0.717, 1.165) is 49.7 Å². The molecule has 1 fully saturated rings. The Morgan fingerprint density at radius 2 is 2.25 bits per heavy atom. The van der Waals surface area contributed by atoms with Crippen LogP contribution >= 0.6 is 0 Å². The van der Waals surface area contributed by atoms with Gasteiger partial charge in [0.2, 0.25) is 5.91 Å². The molecule has 1 aliphatic heterocycles. The number of imidazole rings is 1. The van der Waals surface area contributed by atoms with Gasteiger partial charge >= 0.3 is 0 Å². The number of carbonyl (C=O) groups is 1. The van der Waals surface area contributed by atoms with Crippen LogP contribution in [0.1, 0.15) is 54.9 Å². The molecule has 0 aliphatic carbocycles. The van der Waals surface area contributed by atoms with Crippen molar-refractivity contribution in [1.29, 1.82) is 0 Å². The van der Waals surface area contributed by atoms with E-state index in [9.17, 15) is 4.79 Å². The summed E-state index contributed by atoms with van der Waals surface area (Å²) in [6.07, 6.45) is 7.28. The van der Waals surface area contributed by atoms with E-state index in [-0.39, 0.29) is 5.91 Å². The van der Waals surface area contributed by atoms with Crippen molar-refractivity contribution < 1.29 is 4.79 Å². The number of rotatable bonds is 5. The summed E-state index contributed by atoms with van der Waals surface area (Å²) < 4.78 is 2.19. The van der Waals surface area contributed by atoms with Crippen molar-refractivity contribution in [2.75, 3.05) is 13.1 Å². The summed E-state index contributed by atoms with van der Waals surface area (Å²) in [5.74, 6) is 1.70. The summed E-state index contributed by atoms with van der Waals surface area (Å²) in [6, 6.07) is 0. The van der Waals surface area contributed by atoms with E-state index < -0.39 is 0 Å². The molecule has 0 unspecified atom stereocenters. The Labute approximate surface area is 143 Å². The van der Waals surface area contributed by atoms with Crippen molar-refractivity contribution in [3.8, 4) is 0 Å². The molecular weight excluding hydrogens is 302 g/mol. The molecule has 1 amide bonds. The van der Waals surface area contributed by atoms with Crippen molar-refractivity contribution in [2.24, 2.45) is 0 Å². The first kappa shape index (κ1) is 16.7. The van der Waals surface area contributed by atoms with Crippen LogP contribution in [0.15, 0.2) is 12.4 Å². The summed E-state index contributed by atoms with van der Waals surface area (Å²) in [5.41, 5.74) is 3.27. The monoisotopic (exact) mass is 329 g/mol. The van der Waals surface area contributed by atoms with Crippen molar-refractivity contribution in [2.45, 2.75) is 58.9 Å². The number of piperidine rings is 1. The smallest absolute Gasteiger partial charge is 0.222 e. The summed E-state index contributed by atoms with van der Waals surface area (Å²) in [7, 11) is 0. The molecule has 0 radical (unpaired) electrons. The highest BCUT2D eigenvalue weighted by molar-refractivity contribution is 5.76. The molecule has 0 bridgehead atoms. The van der Waals surface area contributed by atoms with E-state index in [2.05, 4.69) is 33.6 Å². The second-order valence-corrected chi connectivity index (χ2v) is 6.67.